The second-order valence-corrected chi connectivity index (χ2v) is 5.85. The molecule has 0 spiro atoms. The van der Waals surface area contributed by atoms with Gasteiger partial charge in [0.15, 0.2) is 0 Å². The third kappa shape index (κ3) is 4.90. The van der Waals surface area contributed by atoms with Crippen LogP contribution in [0, 0.1) is 6.92 Å². The van der Waals surface area contributed by atoms with E-state index < -0.39 is 0 Å². The normalized spacial score (nSPS) is 10.4. The van der Waals surface area contributed by atoms with E-state index in [2.05, 4.69) is 4.98 Å². The number of carbonyl (C=O) groups excluding carboxylic acids is 1. The summed E-state index contributed by atoms with van der Waals surface area (Å²) in [6.45, 7) is 5.40. The van der Waals surface area contributed by atoms with Gasteiger partial charge in [0.2, 0.25) is 5.91 Å². The Balaban J connectivity index is 1.89. The fourth-order valence-electron chi connectivity index (χ4n) is 1.95. The standard InChI is InChI=1S/C17H20N2OS/c1-3-19(12-15-7-5-4-6-8-15)17(20)13-21-16-10-9-14(2)11-18-16/h4-11H,3,12-13H2,1-2H3. The average Bonchev–Trinajstić information content (AvgIpc) is 2.52. The van der Waals surface area contributed by atoms with Gasteiger partial charge in [-0.1, -0.05) is 48.2 Å². The Morgan fingerprint density at radius 1 is 1.19 bits per heavy atom. The van der Waals surface area contributed by atoms with Crippen molar-refractivity contribution in [3.05, 3.63) is 59.8 Å². The largest absolute Gasteiger partial charge is 0.338 e. The summed E-state index contributed by atoms with van der Waals surface area (Å²) in [5.74, 6) is 0.574. The van der Waals surface area contributed by atoms with E-state index in [1.54, 1.807) is 0 Å². The van der Waals surface area contributed by atoms with Gasteiger partial charge in [0.25, 0.3) is 0 Å². The second kappa shape index (κ2) is 7.84. The zero-order valence-electron chi connectivity index (χ0n) is 12.5. The summed E-state index contributed by atoms with van der Waals surface area (Å²) in [5, 5.41) is 0.893. The quantitative estimate of drug-likeness (QED) is 0.765. The molecule has 2 rings (SSSR count). The van der Waals surface area contributed by atoms with Gasteiger partial charge in [-0.15, -0.1) is 0 Å². The first-order chi connectivity index (χ1) is 10.2. The van der Waals surface area contributed by atoms with Gasteiger partial charge in [0.05, 0.1) is 10.8 Å². The molecule has 21 heavy (non-hydrogen) atoms. The molecule has 0 aliphatic rings. The van der Waals surface area contributed by atoms with Crippen molar-refractivity contribution in [2.75, 3.05) is 12.3 Å². The maximum absolute atomic E-state index is 12.3. The molecular weight excluding hydrogens is 280 g/mol. The lowest BCUT2D eigenvalue weighted by molar-refractivity contribution is -0.128. The van der Waals surface area contributed by atoms with E-state index in [1.807, 2.05) is 67.4 Å². The molecule has 1 aromatic heterocycles. The number of hydrogen-bond acceptors (Lipinski definition) is 3. The summed E-state index contributed by atoms with van der Waals surface area (Å²) in [6, 6.07) is 14.1. The first-order valence-electron chi connectivity index (χ1n) is 7.06. The first-order valence-corrected chi connectivity index (χ1v) is 8.04. The minimum Gasteiger partial charge on any atom is -0.338 e. The average molecular weight is 300 g/mol. The molecule has 1 aromatic carbocycles. The fourth-order valence-corrected chi connectivity index (χ4v) is 2.69. The maximum Gasteiger partial charge on any atom is 0.233 e. The van der Waals surface area contributed by atoms with E-state index in [9.17, 15) is 4.79 Å². The zero-order chi connectivity index (χ0) is 15.1. The molecule has 0 aliphatic carbocycles. The first kappa shape index (κ1) is 15.6. The highest BCUT2D eigenvalue weighted by Crippen LogP contribution is 2.16. The van der Waals surface area contributed by atoms with Crippen LogP contribution in [0.5, 0.6) is 0 Å². The number of pyridine rings is 1. The minimum absolute atomic E-state index is 0.147. The Bertz CT molecular complexity index is 569. The topological polar surface area (TPSA) is 33.2 Å². The third-order valence-corrected chi connectivity index (χ3v) is 4.11. The molecule has 0 aliphatic heterocycles. The lowest BCUT2D eigenvalue weighted by Crippen LogP contribution is -2.31. The predicted molar refractivity (Wildman–Crippen MR) is 87.2 cm³/mol. The molecule has 0 bridgehead atoms. The van der Waals surface area contributed by atoms with Crippen molar-refractivity contribution >= 4 is 17.7 Å². The highest BCUT2D eigenvalue weighted by molar-refractivity contribution is 7.99. The fraction of sp³-hybridized carbons (Fsp3) is 0.294. The predicted octanol–water partition coefficient (Wildman–Crippen LogP) is 3.53. The Morgan fingerprint density at radius 2 is 1.95 bits per heavy atom. The van der Waals surface area contributed by atoms with Crippen LogP contribution in [-0.2, 0) is 11.3 Å². The number of thioether (sulfide) groups is 1. The molecule has 0 saturated carbocycles. The summed E-state index contributed by atoms with van der Waals surface area (Å²) in [6.07, 6.45) is 1.83. The maximum atomic E-state index is 12.3. The molecule has 1 heterocycles. The summed E-state index contributed by atoms with van der Waals surface area (Å²) in [5.41, 5.74) is 2.29. The molecule has 4 heteroatoms. The number of nitrogens with zero attached hydrogens (tertiary/aromatic N) is 2. The van der Waals surface area contributed by atoms with Gasteiger partial charge in [-0.05, 0) is 31.0 Å². The molecular formula is C17H20N2OS. The van der Waals surface area contributed by atoms with Crippen molar-refractivity contribution in [3.8, 4) is 0 Å². The van der Waals surface area contributed by atoms with Crippen LogP contribution < -0.4 is 0 Å². The van der Waals surface area contributed by atoms with E-state index >= 15 is 0 Å². The van der Waals surface area contributed by atoms with Crippen molar-refractivity contribution < 1.29 is 4.79 Å². The second-order valence-electron chi connectivity index (χ2n) is 4.86. The van der Waals surface area contributed by atoms with Crippen LogP contribution in [0.25, 0.3) is 0 Å². The molecule has 1 amide bonds. The van der Waals surface area contributed by atoms with Gasteiger partial charge in [-0.25, -0.2) is 4.98 Å². The highest BCUT2D eigenvalue weighted by Gasteiger charge is 2.12. The van der Waals surface area contributed by atoms with E-state index in [0.29, 0.717) is 12.3 Å². The van der Waals surface area contributed by atoms with Crippen LogP contribution in [0.2, 0.25) is 0 Å². The van der Waals surface area contributed by atoms with Gasteiger partial charge < -0.3 is 4.90 Å². The summed E-state index contributed by atoms with van der Waals surface area (Å²) in [7, 11) is 0. The molecule has 0 fully saturated rings. The van der Waals surface area contributed by atoms with E-state index in [-0.39, 0.29) is 5.91 Å². The monoisotopic (exact) mass is 300 g/mol. The molecule has 110 valence electrons. The van der Waals surface area contributed by atoms with E-state index in [1.165, 1.54) is 11.8 Å². The molecule has 0 saturated heterocycles. The number of aromatic nitrogens is 1. The molecule has 0 N–H and O–H groups in total. The smallest absolute Gasteiger partial charge is 0.233 e. The van der Waals surface area contributed by atoms with E-state index in [0.717, 1.165) is 22.7 Å². The number of hydrogen-bond donors (Lipinski definition) is 0. The molecule has 0 radical (unpaired) electrons. The van der Waals surface area contributed by atoms with Crippen molar-refractivity contribution in [2.24, 2.45) is 0 Å². The molecule has 3 nitrogen and oxygen atoms in total. The van der Waals surface area contributed by atoms with Crippen LogP contribution in [0.3, 0.4) is 0 Å². The van der Waals surface area contributed by atoms with Crippen LogP contribution in [0.15, 0.2) is 53.7 Å². The number of rotatable bonds is 6. The van der Waals surface area contributed by atoms with Gasteiger partial charge in [0.1, 0.15) is 0 Å². The molecule has 0 unspecified atom stereocenters. The van der Waals surface area contributed by atoms with Crippen molar-refractivity contribution in [3.63, 3.8) is 0 Å². The van der Waals surface area contributed by atoms with Crippen LogP contribution in [0.4, 0.5) is 0 Å². The van der Waals surface area contributed by atoms with Crippen molar-refractivity contribution in [2.45, 2.75) is 25.4 Å². The highest BCUT2D eigenvalue weighted by atomic mass is 32.2. The third-order valence-electron chi connectivity index (χ3n) is 3.18. The van der Waals surface area contributed by atoms with Crippen LogP contribution in [-0.4, -0.2) is 28.1 Å². The summed E-state index contributed by atoms with van der Waals surface area (Å²) >= 11 is 1.49. The van der Waals surface area contributed by atoms with Gasteiger partial charge in [-0.2, -0.15) is 0 Å². The number of benzene rings is 1. The number of aryl methyl sites for hydroxylation is 1. The SMILES string of the molecule is CCN(Cc1ccccc1)C(=O)CSc1ccc(C)cn1. The number of amides is 1. The Kier molecular flexibility index (Phi) is 5.81. The van der Waals surface area contributed by atoms with Crippen LogP contribution >= 0.6 is 11.8 Å². The molecule has 0 atom stereocenters. The lowest BCUT2D eigenvalue weighted by Gasteiger charge is -2.20. The minimum atomic E-state index is 0.147. The van der Waals surface area contributed by atoms with Crippen molar-refractivity contribution in [1.82, 2.24) is 9.88 Å². The lowest BCUT2D eigenvalue weighted by atomic mass is 10.2. The van der Waals surface area contributed by atoms with Crippen LogP contribution in [0.1, 0.15) is 18.1 Å². The molecule has 2 aromatic rings. The van der Waals surface area contributed by atoms with E-state index in [4.69, 9.17) is 0 Å². The Hall–Kier alpha value is -1.81. The Labute approximate surface area is 130 Å². The Morgan fingerprint density at radius 3 is 2.57 bits per heavy atom. The summed E-state index contributed by atoms with van der Waals surface area (Å²) < 4.78 is 0. The number of carbonyl (C=O) groups is 1. The summed E-state index contributed by atoms with van der Waals surface area (Å²) in [4.78, 5) is 18.5. The van der Waals surface area contributed by atoms with Gasteiger partial charge >= 0.3 is 0 Å². The van der Waals surface area contributed by atoms with Gasteiger partial charge in [-0.3, -0.25) is 4.79 Å². The zero-order valence-corrected chi connectivity index (χ0v) is 13.3. The van der Waals surface area contributed by atoms with Crippen molar-refractivity contribution in [1.29, 1.82) is 0 Å². The van der Waals surface area contributed by atoms with Gasteiger partial charge in [0, 0.05) is 19.3 Å².